The van der Waals surface area contributed by atoms with Gasteiger partial charge in [-0.05, 0) is 46.5 Å². The van der Waals surface area contributed by atoms with Gasteiger partial charge in [-0.15, -0.1) is 0 Å². The second-order valence-electron chi connectivity index (χ2n) is 4.67. The Morgan fingerprint density at radius 3 is 3.00 bits per heavy atom. The van der Waals surface area contributed by atoms with Crippen LogP contribution >= 0.6 is 27.5 Å². The maximum Gasteiger partial charge on any atom is 0.227 e. The number of carbonyl (C=O) groups is 1. The van der Waals surface area contributed by atoms with Gasteiger partial charge in [0.15, 0.2) is 0 Å². The molecule has 1 heterocycles. The standard InChI is InChI=1S/C13H16BrClN2O/c14-11-6-9(3-4-12(11)15)7-13(18)17-5-1-2-10(16)8-17/h3-4,6,10H,1-2,5,7-8,16H2/t10-/m0/s1. The van der Waals surface area contributed by atoms with Gasteiger partial charge >= 0.3 is 0 Å². The lowest BCUT2D eigenvalue weighted by Gasteiger charge is -2.30. The Morgan fingerprint density at radius 1 is 1.56 bits per heavy atom. The summed E-state index contributed by atoms with van der Waals surface area (Å²) in [6.45, 7) is 1.49. The molecule has 0 unspecified atom stereocenters. The smallest absolute Gasteiger partial charge is 0.227 e. The quantitative estimate of drug-likeness (QED) is 0.905. The highest BCUT2D eigenvalue weighted by Crippen LogP contribution is 2.23. The second-order valence-corrected chi connectivity index (χ2v) is 5.93. The Labute approximate surface area is 120 Å². The topological polar surface area (TPSA) is 46.3 Å². The van der Waals surface area contributed by atoms with E-state index in [4.69, 9.17) is 17.3 Å². The van der Waals surface area contributed by atoms with E-state index in [1.165, 1.54) is 0 Å². The molecule has 1 atom stereocenters. The zero-order valence-electron chi connectivity index (χ0n) is 10.0. The minimum absolute atomic E-state index is 0.125. The Kier molecular flexibility index (Phi) is 4.65. The van der Waals surface area contributed by atoms with E-state index >= 15 is 0 Å². The van der Waals surface area contributed by atoms with Crippen molar-refractivity contribution in [1.29, 1.82) is 0 Å². The van der Waals surface area contributed by atoms with E-state index in [-0.39, 0.29) is 11.9 Å². The summed E-state index contributed by atoms with van der Waals surface area (Å²) in [5, 5.41) is 0.659. The second kappa shape index (κ2) is 6.04. The van der Waals surface area contributed by atoms with Crippen LogP contribution in [0.4, 0.5) is 0 Å². The number of hydrogen-bond acceptors (Lipinski definition) is 2. The lowest BCUT2D eigenvalue weighted by molar-refractivity contribution is -0.131. The molecule has 0 bridgehead atoms. The molecule has 1 aromatic rings. The molecular formula is C13H16BrClN2O. The van der Waals surface area contributed by atoms with E-state index in [0.29, 0.717) is 18.0 Å². The first-order valence-corrected chi connectivity index (χ1v) is 7.20. The average molecular weight is 332 g/mol. The fourth-order valence-corrected chi connectivity index (χ4v) is 2.72. The van der Waals surface area contributed by atoms with Gasteiger partial charge in [-0.1, -0.05) is 17.7 Å². The van der Waals surface area contributed by atoms with Crippen molar-refractivity contribution >= 4 is 33.4 Å². The number of halogens is 2. The first-order valence-electron chi connectivity index (χ1n) is 6.03. The third-order valence-electron chi connectivity index (χ3n) is 3.15. The molecule has 98 valence electrons. The van der Waals surface area contributed by atoms with Crippen molar-refractivity contribution in [3.8, 4) is 0 Å². The molecule has 2 N–H and O–H groups in total. The van der Waals surface area contributed by atoms with Gasteiger partial charge in [-0.3, -0.25) is 4.79 Å². The largest absolute Gasteiger partial charge is 0.341 e. The van der Waals surface area contributed by atoms with Gasteiger partial charge in [0.25, 0.3) is 0 Å². The predicted octanol–water partition coefficient (Wildman–Crippen LogP) is 2.59. The van der Waals surface area contributed by atoms with E-state index in [2.05, 4.69) is 15.9 Å². The van der Waals surface area contributed by atoms with Crippen LogP contribution in [0, 0.1) is 0 Å². The van der Waals surface area contributed by atoms with Crippen molar-refractivity contribution in [2.75, 3.05) is 13.1 Å². The normalized spacial score (nSPS) is 19.9. The van der Waals surface area contributed by atoms with Crippen LogP contribution in [0.25, 0.3) is 0 Å². The van der Waals surface area contributed by atoms with Crippen LogP contribution in [-0.4, -0.2) is 29.9 Å². The van der Waals surface area contributed by atoms with Crippen molar-refractivity contribution in [2.45, 2.75) is 25.3 Å². The fraction of sp³-hybridized carbons (Fsp3) is 0.462. The van der Waals surface area contributed by atoms with Crippen molar-refractivity contribution in [3.05, 3.63) is 33.3 Å². The Balaban J connectivity index is 2.00. The summed E-state index contributed by atoms with van der Waals surface area (Å²) in [6.07, 6.45) is 2.41. The van der Waals surface area contributed by atoms with Crippen molar-refractivity contribution in [2.24, 2.45) is 5.73 Å². The number of piperidine rings is 1. The van der Waals surface area contributed by atoms with Gasteiger partial charge in [0, 0.05) is 23.6 Å². The first kappa shape index (κ1) is 13.8. The Morgan fingerprint density at radius 2 is 2.33 bits per heavy atom. The van der Waals surface area contributed by atoms with E-state index in [1.807, 2.05) is 17.0 Å². The van der Waals surface area contributed by atoms with Crippen LogP contribution < -0.4 is 5.73 Å². The van der Waals surface area contributed by atoms with E-state index in [1.54, 1.807) is 6.07 Å². The molecule has 2 rings (SSSR count). The maximum atomic E-state index is 12.1. The van der Waals surface area contributed by atoms with Crippen LogP contribution in [-0.2, 0) is 11.2 Å². The molecule has 1 amide bonds. The molecule has 5 heteroatoms. The molecule has 1 fully saturated rings. The molecule has 1 aromatic carbocycles. The van der Waals surface area contributed by atoms with Crippen molar-refractivity contribution in [1.82, 2.24) is 4.90 Å². The molecule has 1 saturated heterocycles. The summed E-state index contributed by atoms with van der Waals surface area (Å²) in [7, 11) is 0. The average Bonchev–Trinajstić information content (AvgIpc) is 2.34. The number of nitrogens with two attached hydrogens (primary N) is 1. The molecule has 1 aliphatic heterocycles. The first-order chi connectivity index (χ1) is 8.56. The van der Waals surface area contributed by atoms with Crippen LogP contribution in [0.2, 0.25) is 5.02 Å². The number of nitrogens with zero attached hydrogens (tertiary/aromatic N) is 1. The molecule has 0 spiro atoms. The molecule has 3 nitrogen and oxygen atoms in total. The van der Waals surface area contributed by atoms with Gasteiger partial charge in [-0.25, -0.2) is 0 Å². The Bertz CT molecular complexity index is 453. The van der Waals surface area contributed by atoms with Gasteiger partial charge in [0.2, 0.25) is 5.91 Å². The monoisotopic (exact) mass is 330 g/mol. The van der Waals surface area contributed by atoms with Crippen molar-refractivity contribution < 1.29 is 4.79 Å². The number of carbonyl (C=O) groups excluding carboxylic acids is 1. The van der Waals surface area contributed by atoms with Gasteiger partial charge in [0.05, 0.1) is 11.4 Å². The number of benzene rings is 1. The van der Waals surface area contributed by atoms with Crippen molar-refractivity contribution in [3.63, 3.8) is 0 Å². The lowest BCUT2D eigenvalue weighted by Crippen LogP contribution is -2.46. The third-order valence-corrected chi connectivity index (χ3v) is 4.36. The number of rotatable bonds is 2. The van der Waals surface area contributed by atoms with Gasteiger partial charge in [0.1, 0.15) is 0 Å². The third kappa shape index (κ3) is 3.46. The fourth-order valence-electron chi connectivity index (χ4n) is 2.17. The summed E-state index contributed by atoms with van der Waals surface area (Å²) in [5.41, 5.74) is 6.85. The molecule has 0 radical (unpaired) electrons. The summed E-state index contributed by atoms with van der Waals surface area (Å²) in [4.78, 5) is 14.0. The van der Waals surface area contributed by atoms with Crippen LogP contribution in [0.5, 0.6) is 0 Å². The van der Waals surface area contributed by atoms with E-state index in [9.17, 15) is 4.79 Å². The highest BCUT2D eigenvalue weighted by atomic mass is 79.9. The summed E-state index contributed by atoms with van der Waals surface area (Å²) >= 11 is 9.29. The molecule has 0 aromatic heterocycles. The Hall–Kier alpha value is -0.580. The molecule has 0 aliphatic carbocycles. The molecule has 1 aliphatic rings. The zero-order valence-corrected chi connectivity index (χ0v) is 12.4. The highest BCUT2D eigenvalue weighted by molar-refractivity contribution is 9.10. The van der Waals surface area contributed by atoms with E-state index < -0.39 is 0 Å². The molecule has 0 saturated carbocycles. The summed E-state index contributed by atoms with van der Waals surface area (Å²) in [6, 6.07) is 5.70. The van der Waals surface area contributed by atoms with Gasteiger partial charge in [-0.2, -0.15) is 0 Å². The minimum atomic E-state index is 0.125. The molecule has 18 heavy (non-hydrogen) atoms. The van der Waals surface area contributed by atoms with Crippen LogP contribution in [0.3, 0.4) is 0 Å². The SMILES string of the molecule is N[C@H]1CCCN(C(=O)Cc2ccc(Cl)c(Br)c2)C1. The minimum Gasteiger partial charge on any atom is -0.341 e. The zero-order chi connectivity index (χ0) is 13.1. The number of amides is 1. The van der Waals surface area contributed by atoms with Crippen LogP contribution in [0.15, 0.2) is 22.7 Å². The summed E-state index contributed by atoms with van der Waals surface area (Å²) < 4.78 is 0.824. The highest BCUT2D eigenvalue weighted by Gasteiger charge is 2.21. The van der Waals surface area contributed by atoms with E-state index in [0.717, 1.165) is 29.4 Å². The molecular weight excluding hydrogens is 316 g/mol. The number of hydrogen-bond donors (Lipinski definition) is 1. The van der Waals surface area contributed by atoms with Crippen LogP contribution in [0.1, 0.15) is 18.4 Å². The maximum absolute atomic E-state index is 12.1. The predicted molar refractivity (Wildman–Crippen MR) is 76.6 cm³/mol. The lowest BCUT2D eigenvalue weighted by atomic mass is 10.1. The summed E-state index contributed by atoms with van der Waals surface area (Å²) in [5.74, 6) is 0.138. The number of likely N-dealkylation sites (tertiary alicyclic amines) is 1. The van der Waals surface area contributed by atoms with Gasteiger partial charge < -0.3 is 10.6 Å².